The molecule has 2 atom stereocenters. The molecule has 0 spiro atoms. The lowest BCUT2D eigenvalue weighted by Crippen LogP contribution is -2.26. The van der Waals surface area contributed by atoms with Crippen LogP contribution in [0, 0.1) is 24.6 Å². The lowest BCUT2D eigenvalue weighted by Gasteiger charge is -2.20. The Labute approximate surface area is 110 Å². The first-order valence-electron chi connectivity index (χ1n) is 7.16. The molecule has 0 heterocycles. The first-order valence-corrected chi connectivity index (χ1v) is 7.16. The quantitative estimate of drug-likeness (QED) is 0.839. The number of halogens is 1. The molecule has 0 saturated heterocycles. The van der Waals surface area contributed by atoms with Crippen LogP contribution in [0.2, 0.25) is 0 Å². The highest BCUT2D eigenvalue weighted by Gasteiger charge is 2.27. The van der Waals surface area contributed by atoms with Crippen LogP contribution < -0.4 is 5.32 Å². The van der Waals surface area contributed by atoms with E-state index in [-0.39, 0.29) is 5.82 Å². The van der Waals surface area contributed by atoms with Crippen molar-refractivity contribution in [1.29, 1.82) is 0 Å². The van der Waals surface area contributed by atoms with E-state index in [0.29, 0.717) is 0 Å². The summed E-state index contributed by atoms with van der Waals surface area (Å²) in [7, 11) is 0. The highest BCUT2D eigenvalue weighted by atomic mass is 19.1. The molecule has 1 aliphatic rings. The number of aryl methyl sites for hydroxylation is 1. The van der Waals surface area contributed by atoms with E-state index in [1.54, 1.807) is 12.1 Å². The van der Waals surface area contributed by atoms with Gasteiger partial charge in [0.15, 0.2) is 0 Å². The zero-order chi connectivity index (χ0) is 13.0. The van der Waals surface area contributed by atoms with Gasteiger partial charge in [0.25, 0.3) is 0 Å². The monoisotopic (exact) mass is 249 g/mol. The van der Waals surface area contributed by atoms with Crippen LogP contribution >= 0.6 is 0 Å². The summed E-state index contributed by atoms with van der Waals surface area (Å²) >= 11 is 0. The Kier molecular flexibility index (Phi) is 4.76. The second-order valence-electron chi connectivity index (χ2n) is 5.53. The van der Waals surface area contributed by atoms with Crippen LogP contribution in [0.5, 0.6) is 0 Å². The van der Waals surface area contributed by atoms with Crippen LogP contribution in [-0.2, 0) is 6.42 Å². The topological polar surface area (TPSA) is 12.0 Å². The van der Waals surface area contributed by atoms with Gasteiger partial charge < -0.3 is 5.32 Å². The number of nitrogens with one attached hydrogen (secondary N) is 1. The Morgan fingerprint density at radius 2 is 2.06 bits per heavy atom. The third-order valence-electron chi connectivity index (χ3n) is 4.26. The molecule has 0 amide bonds. The van der Waals surface area contributed by atoms with Crippen LogP contribution in [0.25, 0.3) is 0 Å². The van der Waals surface area contributed by atoms with E-state index < -0.39 is 0 Å². The second kappa shape index (κ2) is 6.33. The third-order valence-corrected chi connectivity index (χ3v) is 4.26. The standard InChI is InChI=1S/C16H24FN/c1-3-18-11-15-6-4-5-14(15)10-13-7-8-16(17)9-12(13)2/h7-9,14-15,18H,3-6,10-11H2,1-2H3. The molecule has 2 heteroatoms. The molecule has 0 aliphatic heterocycles. The van der Waals surface area contributed by atoms with E-state index in [1.807, 2.05) is 13.0 Å². The molecule has 2 rings (SSSR count). The van der Waals surface area contributed by atoms with Crippen LogP contribution in [0.15, 0.2) is 18.2 Å². The van der Waals surface area contributed by atoms with Gasteiger partial charge in [-0.25, -0.2) is 4.39 Å². The number of benzene rings is 1. The van der Waals surface area contributed by atoms with Gasteiger partial charge in [0.1, 0.15) is 5.82 Å². The summed E-state index contributed by atoms with van der Waals surface area (Å²) in [6.45, 7) is 6.38. The Morgan fingerprint density at radius 3 is 2.78 bits per heavy atom. The highest BCUT2D eigenvalue weighted by molar-refractivity contribution is 5.27. The van der Waals surface area contributed by atoms with Crippen molar-refractivity contribution >= 4 is 0 Å². The van der Waals surface area contributed by atoms with Crippen LogP contribution in [0.3, 0.4) is 0 Å². The highest BCUT2D eigenvalue weighted by Crippen LogP contribution is 2.34. The van der Waals surface area contributed by atoms with Crippen molar-refractivity contribution < 1.29 is 4.39 Å². The lowest BCUT2D eigenvalue weighted by molar-refractivity contribution is 0.367. The maximum atomic E-state index is 13.1. The Hall–Kier alpha value is -0.890. The lowest BCUT2D eigenvalue weighted by atomic mass is 9.88. The van der Waals surface area contributed by atoms with Gasteiger partial charge in [-0.05, 0) is 74.4 Å². The van der Waals surface area contributed by atoms with Gasteiger partial charge in [-0.15, -0.1) is 0 Å². The van der Waals surface area contributed by atoms with Crippen molar-refractivity contribution in [3.63, 3.8) is 0 Å². The summed E-state index contributed by atoms with van der Waals surface area (Å²) in [6.07, 6.45) is 5.13. The van der Waals surface area contributed by atoms with Crippen LogP contribution in [0.1, 0.15) is 37.3 Å². The first kappa shape index (κ1) is 13.5. The average molecular weight is 249 g/mol. The zero-order valence-electron chi connectivity index (χ0n) is 11.5. The molecule has 1 aromatic rings. The fourth-order valence-corrected chi connectivity index (χ4v) is 3.15. The minimum absolute atomic E-state index is 0.119. The molecule has 0 radical (unpaired) electrons. The molecular weight excluding hydrogens is 225 g/mol. The Bertz CT molecular complexity index is 389. The minimum Gasteiger partial charge on any atom is -0.317 e. The van der Waals surface area contributed by atoms with E-state index in [9.17, 15) is 4.39 Å². The van der Waals surface area contributed by atoms with Gasteiger partial charge >= 0.3 is 0 Å². The van der Waals surface area contributed by atoms with Gasteiger partial charge in [-0.2, -0.15) is 0 Å². The van der Waals surface area contributed by atoms with Gasteiger partial charge in [0, 0.05) is 0 Å². The molecule has 100 valence electrons. The number of hydrogen-bond donors (Lipinski definition) is 1. The number of hydrogen-bond acceptors (Lipinski definition) is 1. The predicted molar refractivity (Wildman–Crippen MR) is 74.2 cm³/mol. The summed E-state index contributed by atoms with van der Waals surface area (Å²) in [5.41, 5.74) is 2.42. The molecule has 1 fully saturated rings. The van der Waals surface area contributed by atoms with E-state index in [4.69, 9.17) is 0 Å². The Morgan fingerprint density at radius 1 is 1.28 bits per heavy atom. The van der Waals surface area contributed by atoms with E-state index in [2.05, 4.69) is 12.2 Å². The normalized spacial score (nSPS) is 23.5. The van der Waals surface area contributed by atoms with Gasteiger partial charge in [0.2, 0.25) is 0 Å². The molecule has 1 aromatic carbocycles. The van der Waals surface area contributed by atoms with Crippen molar-refractivity contribution in [3.05, 3.63) is 35.1 Å². The fraction of sp³-hybridized carbons (Fsp3) is 0.625. The van der Waals surface area contributed by atoms with Crippen LogP contribution in [-0.4, -0.2) is 13.1 Å². The third kappa shape index (κ3) is 3.32. The summed E-state index contributed by atoms with van der Waals surface area (Å²) < 4.78 is 13.1. The van der Waals surface area contributed by atoms with E-state index in [1.165, 1.54) is 24.8 Å². The molecule has 0 bridgehead atoms. The molecule has 2 unspecified atom stereocenters. The molecular formula is C16H24FN. The minimum atomic E-state index is -0.119. The molecule has 1 nitrogen and oxygen atoms in total. The maximum Gasteiger partial charge on any atom is 0.123 e. The van der Waals surface area contributed by atoms with Crippen molar-refractivity contribution in [2.45, 2.75) is 39.5 Å². The molecule has 0 aromatic heterocycles. The first-order chi connectivity index (χ1) is 8.70. The maximum absolute atomic E-state index is 13.1. The van der Waals surface area contributed by atoms with Crippen molar-refractivity contribution in [3.8, 4) is 0 Å². The average Bonchev–Trinajstić information content (AvgIpc) is 2.77. The van der Waals surface area contributed by atoms with E-state index in [0.717, 1.165) is 36.9 Å². The smallest absolute Gasteiger partial charge is 0.123 e. The largest absolute Gasteiger partial charge is 0.317 e. The molecule has 1 aliphatic carbocycles. The zero-order valence-corrected chi connectivity index (χ0v) is 11.5. The van der Waals surface area contributed by atoms with Crippen molar-refractivity contribution in [2.75, 3.05) is 13.1 Å². The summed E-state index contributed by atoms with van der Waals surface area (Å²) in [5.74, 6) is 1.45. The summed E-state index contributed by atoms with van der Waals surface area (Å²) in [6, 6.07) is 5.22. The molecule has 1 saturated carbocycles. The summed E-state index contributed by atoms with van der Waals surface area (Å²) in [4.78, 5) is 0. The van der Waals surface area contributed by atoms with Crippen LogP contribution in [0.4, 0.5) is 4.39 Å². The van der Waals surface area contributed by atoms with Crippen molar-refractivity contribution in [2.24, 2.45) is 11.8 Å². The molecule has 1 N–H and O–H groups in total. The predicted octanol–water partition coefficient (Wildman–Crippen LogP) is 3.70. The van der Waals surface area contributed by atoms with Gasteiger partial charge in [-0.1, -0.05) is 19.4 Å². The van der Waals surface area contributed by atoms with Gasteiger partial charge in [-0.3, -0.25) is 0 Å². The van der Waals surface area contributed by atoms with Gasteiger partial charge in [0.05, 0.1) is 0 Å². The van der Waals surface area contributed by atoms with Crippen molar-refractivity contribution in [1.82, 2.24) is 5.32 Å². The van der Waals surface area contributed by atoms with E-state index >= 15 is 0 Å². The summed E-state index contributed by atoms with van der Waals surface area (Å²) in [5, 5.41) is 3.47. The number of rotatable bonds is 5. The Balaban J connectivity index is 1.99. The SMILES string of the molecule is CCNCC1CCCC1Cc1ccc(F)cc1C. The molecule has 18 heavy (non-hydrogen) atoms. The fourth-order valence-electron chi connectivity index (χ4n) is 3.15. The second-order valence-corrected chi connectivity index (χ2v) is 5.53.